The van der Waals surface area contributed by atoms with Gasteiger partial charge < -0.3 is 5.73 Å². The van der Waals surface area contributed by atoms with Gasteiger partial charge in [-0.25, -0.2) is 4.39 Å². The molecule has 1 aromatic carbocycles. The molecule has 0 aliphatic rings. The van der Waals surface area contributed by atoms with E-state index in [1.165, 1.54) is 6.07 Å². The van der Waals surface area contributed by atoms with Crippen LogP contribution in [-0.2, 0) is 0 Å². The molecule has 0 saturated carbocycles. The summed E-state index contributed by atoms with van der Waals surface area (Å²) in [5.41, 5.74) is 6.34. The van der Waals surface area contributed by atoms with Gasteiger partial charge in [0.2, 0.25) is 0 Å². The summed E-state index contributed by atoms with van der Waals surface area (Å²) in [5, 5.41) is 0. The first-order chi connectivity index (χ1) is 4.22. The predicted octanol–water partition coefficient (Wildman–Crippen LogP) is 1.72. The SMILES string of the molecule is Cc1cccc(F)c1N. The van der Waals surface area contributed by atoms with E-state index in [0.717, 1.165) is 5.56 Å². The van der Waals surface area contributed by atoms with Crippen molar-refractivity contribution in [3.63, 3.8) is 0 Å². The molecule has 0 radical (unpaired) electrons. The first kappa shape index (κ1) is 6.08. The summed E-state index contributed by atoms with van der Waals surface area (Å²) < 4.78 is 12.5. The Bertz CT molecular complexity index is 200. The van der Waals surface area contributed by atoms with Crippen molar-refractivity contribution >= 4 is 5.69 Å². The van der Waals surface area contributed by atoms with Crippen molar-refractivity contribution in [1.29, 1.82) is 0 Å². The highest BCUT2D eigenvalue weighted by atomic mass is 19.1. The Labute approximate surface area is 53.3 Å². The molecule has 0 unspecified atom stereocenters. The molecule has 0 saturated heterocycles. The Morgan fingerprint density at radius 1 is 1.44 bits per heavy atom. The van der Waals surface area contributed by atoms with E-state index in [2.05, 4.69) is 0 Å². The minimum atomic E-state index is -0.338. The van der Waals surface area contributed by atoms with Gasteiger partial charge in [0.15, 0.2) is 0 Å². The molecular formula is C7H8FN. The first-order valence-electron chi connectivity index (χ1n) is 2.72. The van der Waals surface area contributed by atoms with Crippen LogP contribution >= 0.6 is 0 Å². The zero-order chi connectivity index (χ0) is 6.85. The van der Waals surface area contributed by atoms with Crippen molar-refractivity contribution in [2.24, 2.45) is 0 Å². The molecule has 0 bridgehead atoms. The zero-order valence-corrected chi connectivity index (χ0v) is 5.19. The summed E-state index contributed by atoms with van der Waals surface area (Å²) in [4.78, 5) is 0. The summed E-state index contributed by atoms with van der Waals surface area (Å²) in [5.74, 6) is -0.338. The van der Waals surface area contributed by atoms with Crippen LogP contribution in [-0.4, -0.2) is 0 Å². The molecule has 2 heteroatoms. The van der Waals surface area contributed by atoms with Crippen molar-refractivity contribution < 1.29 is 4.39 Å². The normalized spacial score (nSPS) is 9.56. The number of hydrogen-bond acceptors (Lipinski definition) is 1. The molecule has 0 aromatic heterocycles. The van der Waals surface area contributed by atoms with Crippen molar-refractivity contribution in [2.45, 2.75) is 6.92 Å². The second-order valence-electron chi connectivity index (χ2n) is 1.97. The van der Waals surface area contributed by atoms with Crippen molar-refractivity contribution in [1.82, 2.24) is 0 Å². The number of rotatable bonds is 0. The van der Waals surface area contributed by atoms with E-state index >= 15 is 0 Å². The van der Waals surface area contributed by atoms with E-state index in [0.29, 0.717) is 0 Å². The number of para-hydroxylation sites is 1. The highest BCUT2D eigenvalue weighted by Crippen LogP contribution is 2.13. The summed E-state index contributed by atoms with van der Waals surface area (Å²) in [7, 11) is 0. The van der Waals surface area contributed by atoms with Gasteiger partial charge in [-0.1, -0.05) is 12.1 Å². The quantitative estimate of drug-likeness (QED) is 0.525. The van der Waals surface area contributed by atoms with Crippen LogP contribution in [0.5, 0.6) is 0 Å². The lowest BCUT2D eigenvalue weighted by Crippen LogP contribution is -1.92. The first-order valence-corrected chi connectivity index (χ1v) is 2.72. The van der Waals surface area contributed by atoms with Gasteiger partial charge in [-0.2, -0.15) is 0 Å². The minimum Gasteiger partial charge on any atom is -0.396 e. The van der Waals surface area contributed by atoms with Gasteiger partial charge in [-0.3, -0.25) is 0 Å². The lowest BCUT2D eigenvalue weighted by molar-refractivity contribution is 0.631. The third-order valence-electron chi connectivity index (χ3n) is 1.27. The van der Waals surface area contributed by atoms with Gasteiger partial charge in [-0.05, 0) is 18.6 Å². The van der Waals surface area contributed by atoms with Gasteiger partial charge in [0.05, 0.1) is 5.69 Å². The van der Waals surface area contributed by atoms with Gasteiger partial charge >= 0.3 is 0 Å². The van der Waals surface area contributed by atoms with Crippen molar-refractivity contribution in [3.8, 4) is 0 Å². The molecule has 0 fully saturated rings. The maximum absolute atomic E-state index is 12.5. The molecule has 0 amide bonds. The molecular weight excluding hydrogens is 117 g/mol. The highest BCUT2D eigenvalue weighted by Gasteiger charge is 1.96. The van der Waals surface area contributed by atoms with Crippen LogP contribution in [0.25, 0.3) is 0 Å². The van der Waals surface area contributed by atoms with Gasteiger partial charge in [0.1, 0.15) is 5.82 Å². The third-order valence-corrected chi connectivity index (χ3v) is 1.27. The molecule has 0 aliphatic carbocycles. The number of nitrogens with two attached hydrogens (primary N) is 1. The van der Waals surface area contributed by atoms with E-state index in [4.69, 9.17) is 5.73 Å². The number of benzene rings is 1. The van der Waals surface area contributed by atoms with E-state index in [1.54, 1.807) is 19.1 Å². The maximum atomic E-state index is 12.5. The molecule has 9 heavy (non-hydrogen) atoms. The number of nitrogen functional groups attached to an aromatic ring is 1. The number of anilines is 1. The van der Waals surface area contributed by atoms with Gasteiger partial charge in [0, 0.05) is 0 Å². The Morgan fingerprint density at radius 3 is 2.56 bits per heavy atom. The molecule has 0 aliphatic heterocycles. The van der Waals surface area contributed by atoms with Crippen LogP contribution in [0.2, 0.25) is 0 Å². The minimum absolute atomic E-state index is 0.248. The lowest BCUT2D eigenvalue weighted by atomic mass is 10.2. The van der Waals surface area contributed by atoms with Crippen LogP contribution in [0.15, 0.2) is 18.2 Å². The van der Waals surface area contributed by atoms with Crippen molar-refractivity contribution in [2.75, 3.05) is 5.73 Å². The standard InChI is InChI=1S/C7H8FN/c1-5-3-2-4-6(8)7(5)9/h2-4H,9H2,1H3. The van der Waals surface area contributed by atoms with Gasteiger partial charge in [0.25, 0.3) is 0 Å². The Balaban J connectivity index is 3.25. The van der Waals surface area contributed by atoms with E-state index in [-0.39, 0.29) is 11.5 Å². The fourth-order valence-corrected chi connectivity index (χ4v) is 0.645. The summed E-state index contributed by atoms with van der Waals surface area (Å²) in [6, 6.07) is 4.77. The summed E-state index contributed by atoms with van der Waals surface area (Å²) in [6.07, 6.45) is 0. The number of hydrogen-bond donors (Lipinski definition) is 1. The van der Waals surface area contributed by atoms with Crippen LogP contribution in [0.3, 0.4) is 0 Å². The average molecular weight is 125 g/mol. The summed E-state index contributed by atoms with van der Waals surface area (Å²) in [6.45, 7) is 1.78. The molecule has 48 valence electrons. The smallest absolute Gasteiger partial charge is 0.146 e. The Hall–Kier alpha value is -1.05. The molecule has 1 nitrogen and oxygen atoms in total. The van der Waals surface area contributed by atoms with E-state index < -0.39 is 0 Å². The van der Waals surface area contributed by atoms with Crippen LogP contribution in [0.1, 0.15) is 5.56 Å². The molecule has 0 atom stereocenters. The topological polar surface area (TPSA) is 26.0 Å². The molecule has 2 N–H and O–H groups in total. The van der Waals surface area contributed by atoms with Crippen LogP contribution in [0, 0.1) is 12.7 Å². The summed E-state index contributed by atoms with van der Waals surface area (Å²) >= 11 is 0. The molecule has 0 spiro atoms. The highest BCUT2D eigenvalue weighted by molar-refractivity contribution is 5.46. The molecule has 1 rings (SSSR count). The van der Waals surface area contributed by atoms with Gasteiger partial charge in [-0.15, -0.1) is 0 Å². The Kier molecular flexibility index (Phi) is 1.39. The predicted molar refractivity (Wildman–Crippen MR) is 35.5 cm³/mol. The number of aryl methyl sites for hydroxylation is 1. The third kappa shape index (κ3) is 1.02. The van der Waals surface area contributed by atoms with Crippen molar-refractivity contribution in [3.05, 3.63) is 29.6 Å². The monoisotopic (exact) mass is 125 g/mol. The maximum Gasteiger partial charge on any atom is 0.146 e. The van der Waals surface area contributed by atoms with E-state index in [1.807, 2.05) is 0 Å². The average Bonchev–Trinajstić information content (AvgIpc) is 1.83. The van der Waals surface area contributed by atoms with E-state index in [9.17, 15) is 4.39 Å². The van der Waals surface area contributed by atoms with Crippen LogP contribution < -0.4 is 5.73 Å². The van der Waals surface area contributed by atoms with Crippen LogP contribution in [0.4, 0.5) is 10.1 Å². The number of halogens is 1. The zero-order valence-electron chi connectivity index (χ0n) is 5.19. The second-order valence-corrected chi connectivity index (χ2v) is 1.97. The lowest BCUT2D eigenvalue weighted by Gasteiger charge is -1.97. The fraction of sp³-hybridized carbons (Fsp3) is 0.143. The fourth-order valence-electron chi connectivity index (χ4n) is 0.645. The second kappa shape index (κ2) is 2.05. The largest absolute Gasteiger partial charge is 0.396 e. The molecule has 0 heterocycles. The Morgan fingerprint density at radius 2 is 2.11 bits per heavy atom. The molecule has 1 aromatic rings.